The number of nitrogens with one attached hydrogen (secondary N) is 4. The van der Waals surface area contributed by atoms with Crippen LogP contribution in [0.3, 0.4) is 0 Å². The lowest BCUT2D eigenvalue weighted by Crippen LogP contribution is -2.72. The number of ether oxygens (including phenoxy) is 1. The number of benzene rings is 2. The number of anilines is 2. The van der Waals surface area contributed by atoms with E-state index in [2.05, 4.69) is 26.5 Å². The third-order valence-corrected chi connectivity index (χ3v) is 6.29. The molecule has 1 atom stereocenters. The van der Waals surface area contributed by atoms with Gasteiger partial charge in [-0.1, -0.05) is 30.3 Å². The van der Waals surface area contributed by atoms with Crippen LogP contribution in [0.15, 0.2) is 72.9 Å². The van der Waals surface area contributed by atoms with Gasteiger partial charge in [0.15, 0.2) is 0 Å². The molecule has 1 saturated heterocycles. The van der Waals surface area contributed by atoms with Gasteiger partial charge in [0.05, 0.1) is 11.1 Å². The van der Waals surface area contributed by atoms with Gasteiger partial charge in [-0.15, -0.1) is 0 Å². The molecule has 0 saturated carbocycles. The molecule has 1 fully saturated rings. The number of amides is 4. The summed E-state index contributed by atoms with van der Waals surface area (Å²) in [6.45, 7) is 1.20. The summed E-state index contributed by atoms with van der Waals surface area (Å²) in [7, 11) is 0. The number of alkyl halides is 3. The average molecular weight is 571 g/mol. The zero-order chi connectivity index (χ0) is 29.6. The topological polar surface area (TPSA) is 142 Å². The molecule has 3 aromatic rings. The molecular weight excluding hydrogens is 545 g/mol. The fourth-order valence-electron chi connectivity index (χ4n) is 3.97. The molecule has 0 radical (unpaired) electrons. The number of carbonyl (C=O) groups excluding carboxylic acids is 4. The predicted octanol–water partition coefficient (Wildman–Crippen LogP) is 3.13. The average Bonchev–Trinajstić information content (AvgIpc) is 2.96. The van der Waals surface area contributed by atoms with Crippen molar-refractivity contribution in [1.29, 1.82) is 0 Å². The molecule has 11 nitrogen and oxygen atoms in total. The van der Waals surface area contributed by atoms with Crippen LogP contribution in [0, 0.1) is 0 Å². The van der Waals surface area contributed by atoms with E-state index in [-0.39, 0.29) is 36.8 Å². The first kappa shape index (κ1) is 28.9. The standard InChI is InChI=1S/C27H25F3N6O5/c1-26(23(38)32-14-15-36(26)25(40)41-16-17-6-3-2-4-7-17)24(39)35-34-22(37)20-8-5-13-31-21(20)33-19-11-9-18(10-12-19)27(28,29)30/h2-13H,14-16H2,1H3,(H,31,33)(H,32,38)(H,34,37)(H,35,39). The van der Waals surface area contributed by atoms with E-state index in [1.165, 1.54) is 37.4 Å². The van der Waals surface area contributed by atoms with E-state index >= 15 is 0 Å². The van der Waals surface area contributed by atoms with E-state index in [1.54, 1.807) is 30.3 Å². The Hall–Kier alpha value is -5.14. The number of carbonyl (C=O) groups is 4. The van der Waals surface area contributed by atoms with Crippen LogP contribution >= 0.6 is 0 Å². The molecular formula is C27H25F3N6O5. The first-order valence-electron chi connectivity index (χ1n) is 12.3. The molecule has 2 heterocycles. The number of aromatic nitrogens is 1. The fraction of sp³-hybridized carbons (Fsp3) is 0.222. The Bertz CT molecular complexity index is 1440. The Morgan fingerprint density at radius 2 is 1.73 bits per heavy atom. The van der Waals surface area contributed by atoms with Gasteiger partial charge in [0.1, 0.15) is 12.4 Å². The Labute approximate surface area is 232 Å². The SMILES string of the molecule is CC1(C(=O)NNC(=O)c2cccnc2Nc2ccc(C(F)(F)F)cc2)C(=O)NCCN1C(=O)OCc1ccccc1. The monoisotopic (exact) mass is 570 g/mol. The normalized spacial score (nSPS) is 16.8. The summed E-state index contributed by atoms with van der Waals surface area (Å²) in [5, 5.41) is 5.29. The number of hydrogen-bond acceptors (Lipinski definition) is 7. The van der Waals surface area contributed by atoms with Crippen LogP contribution in [0.4, 0.5) is 29.5 Å². The highest BCUT2D eigenvalue weighted by Crippen LogP contribution is 2.30. The van der Waals surface area contributed by atoms with Gasteiger partial charge in [-0.3, -0.25) is 30.1 Å². The van der Waals surface area contributed by atoms with E-state index in [1.807, 2.05) is 0 Å². The molecule has 4 N–H and O–H groups in total. The van der Waals surface area contributed by atoms with E-state index in [0.29, 0.717) is 5.56 Å². The maximum Gasteiger partial charge on any atom is 0.416 e. The van der Waals surface area contributed by atoms with Crippen molar-refractivity contribution in [2.75, 3.05) is 18.4 Å². The summed E-state index contributed by atoms with van der Waals surface area (Å²) >= 11 is 0. The van der Waals surface area contributed by atoms with Gasteiger partial charge in [0, 0.05) is 25.0 Å². The molecule has 0 bridgehead atoms. The van der Waals surface area contributed by atoms with Gasteiger partial charge in [-0.25, -0.2) is 9.78 Å². The molecule has 1 aliphatic heterocycles. The van der Waals surface area contributed by atoms with Crippen molar-refractivity contribution in [3.8, 4) is 0 Å². The van der Waals surface area contributed by atoms with Gasteiger partial charge in [0.2, 0.25) is 5.54 Å². The maximum atomic E-state index is 13.2. The van der Waals surface area contributed by atoms with Crippen molar-refractivity contribution in [3.63, 3.8) is 0 Å². The van der Waals surface area contributed by atoms with E-state index in [4.69, 9.17) is 4.74 Å². The van der Waals surface area contributed by atoms with Crippen molar-refractivity contribution in [1.82, 2.24) is 26.1 Å². The van der Waals surface area contributed by atoms with Crippen molar-refractivity contribution in [2.24, 2.45) is 0 Å². The van der Waals surface area contributed by atoms with Crippen LogP contribution in [-0.2, 0) is 27.1 Å². The Kier molecular flexibility index (Phi) is 8.40. The van der Waals surface area contributed by atoms with Crippen LogP contribution in [0.1, 0.15) is 28.4 Å². The molecule has 0 spiro atoms. The third-order valence-electron chi connectivity index (χ3n) is 6.29. The van der Waals surface area contributed by atoms with Crippen LogP contribution < -0.4 is 21.5 Å². The number of hydrazine groups is 1. The van der Waals surface area contributed by atoms with E-state index in [9.17, 15) is 32.3 Å². The van der Waals surface area contributed by atoms with Gasteiger partial charge in [-0.05, 0) is 48.9 Å². The number of piperazine rings is 1. The maximum absolute atomic E-state index is 13.2. The number of rotatable bonds is 6. The highest BCUT2D eigenvalue weighted by molar-refractivity contribution is 6.12. The van der Waals surface area contributed by atoms with Crippen molar-refractivity contribution in [2.45, 2.75) is 25.2 Å². The third kappa shape index (κ3) is 6.54. The van der Waals surface area contributed by atoms with Gasteiger partial charge < -0.3 is 15.4 Å². The molecule has 1 aromatic heterocycles. The predicted molar refractivity (Wildman–Crippen MR) is 139 cm³/mol. The van der Waals surface area contributed by atoms with Crippen LogP contribution in [0.5, 0.6) is 0 Å². The molecule has 41 heavy (non-hydrogen) atoms. The Balaban J connectivity index is 1.43. The second-order valence-electron chi connectivity index (χ2n) is 9.03. The largest absolute Gasteiger partial charge is 0.445 e. The molecule has 4 rings (SSSR count). The summed E-state index contributed by atoms with van der Waals surface area (Å²) in [4.78, 5) is 56.8. The highest BCUT2D eigenvalue weighted by atomic mass is 19.4. The minimum atomic E-state index is -4.51. The molecule has 1 unspecified atom stereocenters. The number of nitrogens with zero attached hydrogens (tertiary/aromatic N) is 2. The minimum Gasteiger partial charge on any atom is -0.445 e. The Morgan fingerprint density at radius 3 is 2.41 bits per heavy atom. The number of halogens is 3. The zero-order valence-electron chi connectivity index (χ0n) is 21.6. The first-order chi connectivity index (χ1) is 19.5. The number of pyridine rings is 1. The lowest BCUT2D eigenvalue weighted by Gasteiger charge is -2.41. The molecule has 1 aliphatic rings. The molecule has 4 amide bonds. The van der Waals surface area contributed by atoms with Crippen LogP contribution in [-0.4, -0.2) is 52.3 Å². The summed E-state index contributed by atoms with van der Waals surface area (Å²) < 4.78 is 43.9. The molecule has 214 valence electrons. The lowest BCUT2D eigenvalue weighted by atomic mass is 9.95. The van der Waals surface area contributed by atoms with Gasteiger partial charge in [-0.2, -0.15) is 13.2 Å². The molecule has 2 aromatic carbocycles. The highest BCUT2D eigenvalue weighted by Gasteiger charge is 2.52. The van der Waals surface area contributed by atoms with Crippen molar-refractivity contribution >= 4 is 35.3 Å². The van der Waals surface area contributed by atoms with Gasteiger partial charge >= 0.3 is 12.3 Å². The second kappa shape index (κ2) is 11.9. The summed E-state index contributed by atoms with van der Waals surface area (Å²) in [6.07, 6.45) is -4.05. The summed E-state index contributed by atoms with van der Waals surface area (Å²) in [5.74, 6) is -2.65. The summed E-state index contributed by atoms with van der Waals surface area (Å²) in [5.41, 5.74) is 2.32. The molecule has 14 heteroatoms. The smallest absolute Gasteiger partial charge is 0.416 e. The quantitative estimate of drug-likeness (QED) is 0.264. The van der Waals surface area contributed by atoms with Crippen LogP contribution in [0.25, 0.3) is 0 Å². The fourth-order valence-corrected chi connectivity index (χ4v) is 3.97. The number of hydrogen-bond donors (Lipinski definition) is 4. The minimum absolute atomic E-state index is 0.00764. The van der Waals surface area contributed by atoms with Crippen molar-refractivity contribution in [3.05, 3.63) is 89.6 Å². The van der Waals surface area contributed by atoms with E-state index in [0.717, 1.165) is 17.0 Å². The zero-order valence-corrected chi connectivity index (χ0v) is 21.6. The van der Waals surface area contributed by atoms with E-state index < -0.39 is 41.1 Å². The summed E-state index contributed by atoms with van der Waals surface area (Å²) in [6, 6.07) is 15.7. The Morgan fingerprint density at radius 1 is 1.02 bits per heavy atom. The second-order valence-corrected chi connectivity index (χ2v) is 9.03. The lowest BCUT2D eigenvalue weighted by molar-refractivity contribution is -0.147. The van der Waals surface area contributed by atoms with Gasteiger partial charge in [0.25, 0.3) is 17.7 Å². The first-order valence-corrected chi connectivity index (χ1v) is 12.3. The van der Waals surface area contributed by atoms with Crippen LogP contribution in [0.2, 0.25) is 0 Å². The molecule has 0 aliphatic carbocycles. The van der Waals surface area contributed by atoms with Crippen molar-refractivity contribution < 1.29 is 37.1 Å².